The Morgan fingerprint density at radius 3 is 2.36 bits per heavy atom. The zero-order valence-electron chi connectivity index (χ0n) is 9.02. The predicted octanol–water partition coefficient (Wildman–Crippen LogP) is 3.28. The van der Waals surface area contributed by atoms with Gasteiger partial charge in [0.25, 0.3) is 0 Å². The number of hydrogen-bond donors (Lipinski definition) is 0. The maximum absolute atomic E-state index is 12.7. The lowest BCUT2D eigenvalue weighted by Crippen LogP contribution is -2.37. The van der Waals surface area contributed by atoms with Gasteiger partial charge in [-0.15, -0.1) is 0 Å². The van der Waals surface area contributed by atoms with Gasteiger partial charge in [0, 0.05) is 18.8 Å². The van der Waals surface area contributed by atoms with E-state index in [1.165, 1.54) is 0 Å². The number of carbonyl (C=O) groups is 1. The van der Waals surface area contributed by atoms with Gasteiger partial charge in [-0.05, 0) is 17.8 Å². The van der Waals surface area contributed by atoms with E-state index in [0.29, 0.717) is 12.8 Å². The Bertz CT molecular complexity index is 218. The molecule has 82 valence electrons. The van der Waals surface area contributed by atoms with Gasteiger partial charge in [-0.2, -0.15) is 0 Å². The molecule has 0 radical (unpaired) electrons. The summed E-state index contributed by atoms with van der Waals surface area (Å²) < 4.78 is 25.4. The van der Waals surface area contributed by atoms with Crippen molar-refractivity contribution in [3.8, 4) is 0 Å². The summed E-state index contributed by atoms with van der Waals surface area (Å²) in [5.41, 5.74) is -0.123. The molecule has 3 heteroatoms. The fraction of sp³-hybridized carbons (Fsp3) is 0.909. The van der Waals surface area contributed by atoms with Crippen molar-refractivity contribution in [2.24, 2.45) is 17.3 Å². The zero-order valence-corrected chi connectivity index (χ0v) is 9.02. The van der Waals surface area contributed by atoms with Gasteiger partial charge in [0.2, 0.25) is 6.43 Å². The van der Waals surface area contributed by atoms with E-state index >= 15 is 0 Å². The second kappa shape index (κ2) is 3.95. The molecular weight excluding hydrogens is 186 g/mol. The van der Waals surface area contributed by atoms with Gasteiger partial charge in [0.05, 0.1) is 0 Å². The molecule has 1 fully saturated rings. The first-order valence-electron chi connectivity index (χ1n) is 5.12. The normalized spacial score (nSPS) is 29.7. The molecule has 0 aliphatic heterocycles. The third-order valence-electron chi connectivity index (χ3n) is 3.15. The van der Waals surface area contributed by atoms with Gasteiger partial charge in [-0.3, -0.25) is 4.79 Å². The maximum atomic E-state index is 12.7. The molecule has 0 aromatic heterocycles. The number of carbonyl (C=O) groups excluding carboxylic acids is 1. The smallest absolute Gasteiger partial charge is 0.242 e. The van der Waals surface area contributed by atoms with Crippen LogP contribution in [-0.2, 0) is 4.79 Å². The van der Waals surface area contributed by atoms with Gasteiger partial charge < -0.3 is 0 Å². The summed E-state index contributed by atoms with van der Waals surface area (Å²) in [5, 5.41) is 0. The molecule has 0 saturated heterocycles. The highest BCUT2D eigenvalue weighted by atomic mass is 19.3. The molecule has 0 amide bonds. The number of halogens is 2. The maximum Gasteiger partial charge on any atom is 0.242 e. The van der Waals surface area contributed by atoms with Crippen LogP contribution in [0.15, 0.2) is 0 Å². The zero-order chi connectivity index (χ0) is 10.9. The third-order valence-corrected chi connectivity index (χ3v) is 3.15. The van der Waals surface area contributed by atoms with Crippen LogP contribution in [0.4, 0.5) is 8.78 Å². The summed E-state index contributed by atoms with van der Waals surface area (Å²) in [6.07, 6.45) is -1.19. The fourth-order valence-corrected chi connectivity index (χ4v) is 2.38. The lowest BCUT2D eigenvalue weighted by Gasteiger charge is -2.39. The van der Waals surface area contributed by atoms with Crippen LogP contribution < -0.4 is 0 Å². The minimum absolute atomic E-state index is 0.00389. The number of hydrogen-bond acceptors (Lipinski definition) is 1. The summed E-state index contributed by atoms with van der Waals surface area (Å²) >= 11 is 0. The number of alkyl halides is 2. The first kappa shape index (κ1) is 11.6. The van der Waals surface area contributed by atoms with Crippen molar-refractivity contribution in [1.29, 1.82) is 0 Å². The average Bonchev–Trinajstić information content (AvgIpc) is 2.01. The van der Waals surface area contributed by atoms with Crippen molar-refractivity contribution in [1.82, 2.24) is 0 Å². The van der Waals surface area contributed by atoms with Crippen LogP contribution in [0.25, 0.3) is 0 Å². The topological polar surface area (TPSA) is 17.1 Å². The Morgan fingerprint density at radius 2 is 1.93 bits per heavy atom. The summed E-state index contributed by atoms with van der Waals surface area (Å²) in [6, 6.07) is 0. The van der Waals surface area contributed by atoms with Crippen LogP contribution in [0.3, 0.4) is 0 Å². The van der Waals surface area contributed by atoms with E-state index in [2.05, 4.69) is 0 Å². The summed E-state index contributed by atoms with van der Waals surface area (Å²) in [7, 11) is 0. The fourth-order valence-electron chi connectivity index (χ4n) is 2.38. The summed E-state index contributed by atoms with van der Waals surface area (Å²) in [4.78, 5) is 11.1. The summed E-state index contributed by atoms with van der Waals surface area (Å²) in [5.74, 6) is -0.757. The van der Waals surface area contributed by atoms with E-state index < -0.39 is 12.3 Å². The lowest BCUT2D eigenvalue weighted by atomic mass is 9.66. The molecule has 14 heavy (non-hydrogen) atoms. The largest absolute Gasteiger partial charge is 0.300 e. The Kier molecular flexibility index (Phi) is 3.28. The highest BCUT2D eigenvalue weighted by Crippen LogP contribution is 2.43. The number of rotatable bonds is 1. The van der Waals surface area contributed by atoms with E-state index in [1.54, 1.807) is 0 Å². The van der Waals surface area contributed by atoms with Crippen molar-refractivity contribution < 1.29 is 13.6 Å². The molecule has 0 aromatic rings. The van der Waals surface area contributed by atoms with Gasteiger partial charge in [-0.1, -0.05) is 20.8 Å². The van der Waals surface area contributed by atoms with Crippen molar-refractivity contribution in [3.63, 3.8) is 0 Å². The van der Waals surface area contributed by atoms with Crippen molar-refractivity contribution >= 4 is 5.78 Å². The van der Waals surface area contributed by atoms with Crippen LogP contribution in [0.2, 0.25) is 0 Å². The molecule has 1 aliphatic rings. The van der Waals surface area contributed by atoms with Crippen LogP contribution in [-0.4, -0.2) is 12.2 Å². The molecular formula is C11H18F2O. The Balaban J connectivity index is 2.78. The molecule has 2 atom stereocenters. The molecule has 0 bridgehead atoms. The first-order chi connectivity index (χ1) is 6.32. The molecule has 1 nitrogen and oxygen atoms in total. The number of ketones is 1. The van der Waals surface area contributed by atoms with Crippen LogP contribution in [0.1, 0.15) is 40.0 Å². The predicted molar refractivity (Wildman–Crippen MR) is 51.3 cm³/mol. The van der Waals surface area contributed by atoms with Gasteiger partial charge in [0.1, 0.15) is 5.78 Å². The highest BCUT2D eigenvalue weighted by Gasteiger charge is 2.41. The second-order valence-electron chi connectivity index (χ2n) is 5.25. The van der Waals surface area contributed by atoms with Crippen LogP contribution in [0.5, 0.6) is 0 Å². The Labute approximate surface area is 83.9 Å². The quantitative estimate of drug-likeness (QED) is 0.640. The summed E-state index contributed by atoms with van der Waals surface area (Å²) in [6.45, 7) is 5.93. The molecule has 0 heterocycles. The SMILES string of the molecule is CC(C)(C)C1CCC(=O)CC1C(F)F. The van der Waals surface area contributed by atoms with Gasteiger partial charge >= 0.3 is 0 Å². The molecule has 0 aromatic carbocycles. The van der Waals surface area contributed by atoms with Crippen molar-refractivity contribution in [2.45, 2.75) is 46.5 Å². The van der Waals surface area contributed by atoms with E-state index in [4.69, 9.17) is 0 Å². The molecule has 1 rings (SSSR count). The van der Waals surface area contributed by atoms with Crippen molar-refractivity contribution in [2.75, 3.05) is 0 Å². The monoisotopic (exact) mass is 204 g/mol. The van der Waals surface area contributed by atoms with Gasteiger partial charge in [-0.25, -0.2) is 8.78 Å². The standard InChI is InChI=1S/C11H18F2O/c1-11(2,3)9-5-4-7(14)6-8(9)10(12)13/h8-10H,4-6H2,1-3H3. The van der Waals surface area contributed by atoms with Gasteiger partial charge in [0.15, 0.2) is 0 Å². The third kappa shape index (κ3) is 2.52. The van der Waals surface area contributed by atoms with Crippen molar-refractivity contribution in [3.05, 3.63) is 0 Å². The highest BCUT2D eigenvalue weighted by molar-refractivity contribution is 5.79. The Morgan fingerprint density at radius 1 is 1.36 bits per heavy atom. The number of Topliss-reactive ketones (excluding diaryl/α,β-unsaturated/α-hetero) is 1. The Hall–Kier alpha value is -0.470. The van der Waals surface area contributed by atoms with E-state index in [9.17, 15) is 13.6 Å². The van der Waals surface area contributed by atoms with Crippen LogP contribution >= 0.6 is 0 Å². The first-order valence-corrected chi connectivity index (χ1v) is 5.12. The second-order valence-corrected chi connectivity index (χ2v) is 5.25. The van der Waals surface area contributed by atoms with Crippen LogP contribution in [0, 0.1) is 17.3 Å². The molecule has 0 N–H and O–H groups in total. The molecule has 0 spiro atoms. The minimum Gasteiger partial charge on any atom is -0.300 e. The lowest BCUT2D eigenvalue weighted by molar-refractivity contribution is -0.127. The molecule has 1 aliphatic carbocycles. The van der Waals surface area contributed by atoms with E-state index in [1.807, 2.05) is 20.8 Å². The average molecular weight is 204 g/mol. The van der Waals surface area contributed by atoms with E-state index in [-0.39, 0.29) is 23.5 Å². The molecule has 2 unspecified atom stereocenters. The van der Waals surface area contributed by atoms with E-state index in [0.717, 1.165) is 0 Å². The minimum atomic E-state index is -2.36. The molecule has 1 saturated carbocycles.